The monoisotopic (exact) mass is 312 g/mol. The molecule has 0 aromatic heterocycles. The SMILES string of the molecule is C#Cc1cccc(C(CN2CCNCC2)C2(O)CCCCC2)c1. The summed E-state index contributed by atoms with van der Waals surface area (Å²) < 4.78 is 0. The van der Waals surface area contributed by atoms with Gasteiger partial charge in [-0.2, -0.15) is 0 Å². The number of benzene rings is 1. The first-order chi connectivity index (χ1) is 11.2. The van der Waals surface area contributed by atoms with Crippen LogP contribution in [0.3, 0.4) is 0 Å². The van der Waals surface area contributed by atoms with Crippen LogP contribution in [0.15, 0.2) is 24.3 Å². The molecule has 3 heteroatoms. The van der Waals surface area contributed by atoms with Crippen molar-refractivity contribution in [1.82, 2.24) is 10.2 Å². The van der Waals surface area contributed by atoms with Crippen molar-refractivity contribution in [3.63, 3.8) is 0 Å². The molecule has 1 aromatic rings. The van der Waals surface area contributed by atoms with Crippen molar-refractivity contribution in [3.05, 3.63) is 35.4 Å². The van der Waals surface area contributed by atoms with Crippen LogP contribution in [0, 0.1) is 12.3 Å². The molecular weight excluding hydrogens is 284 g/mol. The van der Waals surface area contributed by atoms with Gasteiger partial charge < -0.3 is 15.3 Å². The van der Waals surface area contributed by atoms with E-state index in [1.54, 1.807) is 0 Å². The molecule has 23 heavy (non-hydrogen) atoms. The van der Waals surface area contributed by atoms with Gasteiger partial charge in [0.05, 0.1) is 5.60 Å². The van der Waals surface area contributed by atoms with Crippen molar-refractivity contribution in [2.24, 2.45) is 0 Å². The van der Waals surface area contributed by atoms with Crippen molar-refractivity contribution in [2.45, 2.75) is 43.6 Å². The molecule has 3 rings (SSSR count). The summed E-state index contributed by atoms with van der Waals surface area (Å²) in [4.78, 5) is 2.48. The van der Waals surface area contributed by atoms with E-state index in [0.717, 1.165) is 64.0 Å². The molecule has 1 heterocycles. The zero-order valence-corrected chi connectivity index (χ0v) is 13.9. The second-order valence-corrected chi connectivity index (χ2v) is 7.04. The summed E-state index contributed by atoms with van der Waals surface area (Å²) in [5.74, 6) is 2.88. The molecule has 1 saturated carbocycles. The van der Waals surface area contributed by atoms with E-state index >= 15 is 0 Å². The molecule has 2 aliphatic rings. The smallest absolute Gasteiger partial charge is 0.0728 e. The Morgan fingerprint density at radius 2 is 1.96 bits per heavy atom. The number of nitrogens with zero attached hydrogens (tertiary/aromatic N) is 1. The maximum Gasteiger partial charge on any atom is 0.0728 e. The molecule has 0 amide bonds. The standard InChI is InChI=1S/C20H28N2O/c1-2-17-7-6-8-18(15-17)19(16-22-13-11-21-12-14-22)20(23)9-4-3-5-10-20/h1,6-8,15,19,21,23H,3-5,9-14,16H2. The highest BCUT2D eigenvalue weighted by Crippen LogP contribution is 2.40. The van der Waals surface area contributed by atoms with Crippen LogP contribution in [0.4, 0.5) is 0 Å². The van der Waals surface area contributed by atoms with E-state index in [2.05, 4.69) is 28.3 Å². The molecule has 0 spiro atoms. The van der Waals surface area contributed by atoms with Gasteiger partial charge in [-0.15, -0.1) is 6.42 Å². The Labute approximate surface area is 140 Å². The van der Waals surface area contributed by atoms with Crippen molar-refractivity contribution in [2.75, 3.05) is 32.7 Å². The van der Waals surface area contributed by atoms with Gasteiger partial charge in [-0.05, 0) is 30.5 Å². The first kappa shape index (κ1) is 16.5. The third kappa shape index (κ3) is 3.95. The molecule has 1 saturated heterocycles. The molecule has 1 aliphatic heterocycles. The summed E-state index contributed by atoms with van der Waals surface area (Å²) in [5, 5.41) is 14.8. The molecule has 1 aliphatic carbocycles. The fourth-order valence-corrected chi connectivity index (χ4v) is 4.10. The Hall–Kier alpha value is -1.34. The number of piperazine rings is 1. The van der Waals surface area contributed by atoms with E-state index in [4.69, 9.17) is 6.42 Å². The zero-order valence-electron chi connectivity index (χ0n) is 13.9. The van der Waals surface area contributed by atoms with E-state index in [1.165, 1.54) is 12.0 Å². The highest BCUT2D eigenvalue weighted by atomic mass is 16.3. The molecule has 2 N–H and O–H groups in total. The summed E-state index contributed by atoms with van der Waals surface area (Å²) in [6.45, 7) is 5.11. The lowest BCUT2D eigenvalue weighted by atomic mass is 9.72. The van der Waals surface area contributed by atoms with Gasteiger partial charge >= 0.3 is 0 Å². The Morgan fingerprint density at radius 3 is 2.65 bits per heavy atom. The Morgan fingerprint density at radius 1 is 1.22 bits per heavy atom. The molecule has 1 unspecified atom stereocenters. The van der Waals surface area contributed by atoms with Crippen LogP contribution >= 0.6 is 0 Å². The van der Waals surface area contributed by atoms with Crippen molar-refractivity contribution < 1.29 is 5.11 Å². The highest BCUT2D eigenvalue weighted by Gasteiger charge is 2.39. The molecule has 0 radical (unpaired) electrons. The Kier molecular flexibility index (Phi) is 5.38. The number of aliphatic hydroxyl groups is 1. The Balaban J connectivity index is 1.86. The first-order valence-corrected chi connectivity index (χ1v) is 8.93. The van der Waals surface area contributed by atoms with Gasteiger partial charge in [0.15, 0.2) is 0 Å². The van der Waals surface area contributed by atoms with Crippen LogP contribution in [0.1, 0.15) is 49.1 Å². The largest absolute Gasteiger partial charge is 0.389 e. The van der Waals surface area contributed by atoms with Gasteiger partial charge in [-0.25, -0.2) is 0 Å². The van der Waals surface area contributed by atoms with Crippen LogP contribution in [0.5, 0.6) is 0 Å². The summed E-state index contributed by atoms with van der Waals surface area (Å²) in [6, 6.07) is 8.23. The molecule has 3 nitrogen and oxygen atoms in total. The summed E-state index contributed by atoms with van der Waals surface area (Å²) >= 11 is 0. The van der Waals surface area contributed by atoms with E-state index in [1.807, 2.05) is 12.1 Å². The van der Waals surface area contributed by atoms with Crippen LogP contribution in [-0.2, 0) is 0 Å². The lowest BCUT2D eigenvalue weighted by Crippen LogP contribution is -2.49. The van der Waals surface area contributed by atoms with Gasteiger partial charge in [0.1, 0.15) is 0 Å². The predicted octanol–water partition coefficient (Wildman–Crippen LogP) is 2.35. The third-order valence-electron chi connectivity index (χ3n) is 5.47. The number of rotatable bonds is 4. The molecule has 1 aromatic carbocycles. The van der Waals surface area contributed by atoms with Gasteiger partial charge in [-0.1, -0.05) is 37.3 Å². The zero-order chi connectivity index (χ0) is 16.1. The summed E-state index contributed by atoms with van der Waals surface area (Å²) in [6.07, 6.45) is 10.9. The fraction of sp³-hybridized carbons (Fsp3) is 0.600. The van der Waals surface area contributed by atoms with Gasteiger partial charge in [-0.3, -0.25) is 0 Å². The summed E-state index contributed by atoms with van der Waals surface area (Å²) in [5.41, 5.74) is 1.52. The molecule has 1 atom stereocenters. The minimum absolute atomic E-state index is 0.147. The minimum atomic E-state index is -0.587. The van der Waals surface area contributed by atoms with Crippen LogP contribution in [0.2, 0.25) is 0 Å². The molecule has 124 valence electrons. The Bertz CT molecular complexity index is 551. The fourth-order valence-electron chi connectivity index (χ4n) is 4.10. The minimum Gasteiger partial charge on any atom is -0.389 e. The van der Waals surface area contributed by atoms with E-state index < -0.39 is 5.60 Å². The lowest BCUT2D eigenvalue weighted by molar-refractivity contribution is -0.0316. The first-order valence-electron chi connectivity index (χ1n) is 8.93. The van der Waals surface area contributed by atoms with E-state index in [9.17, 15) is 5.11 Å². The normalized spacial score (nSPS) is 23.1. The van der Waals surface area contributed by atoms with Crippen LogP contribution in [-0.4, -0.2) is 48.3 Å². The number of nitrogens with one attached hydrogen (secondary N) is 1. The average molecular weight is 312 g/mol. The lowest BCUT2D eigenvalue weighted by Gasteiger charge is -2.42. The van der Waals surface area contributed by atoms with Crippen LogP contribution in [0.25, 0.3) is 0 Å². The number of hydrogen-bond acceptors (Lipinski definition) is 3. The van der Waals surface area contributed by atoms with Gasteiger partial charge in [0.2, 0.25) is 0 Å². The van der Waals surface area contributed by atoms with Crippen molar-refractivity contribution in [1.29, 1.82) is 0 Å². The van der Waals surface area contributed by atoms with Gasteiger partial charge in [0, 0.05) is 44.2 Å². The average Bonchev–Trinajstić information content (AvgIpc) is 2.61. The third-order valence-corrected chi connectivity index (χ3v) is 5.47. The number of terminal acetylenes is 1. The molecule has 0 bridgehead atoms. The second-order valence-electron chi connectivity index (χ2n) is 7.04. The van der Waals surface area contributed by atoms with Crippen molar-refractivity contribution in [3.8, 4) is 12.3 Å². The molecule has 2 fully saturated rings. The van der Waals surface area contributed by atoms with E-state index in [-0.39, 0.29) is 5.92 Å². The summed E-state index contributed by atoms with van der Waals surface area (Å²) in [7, 11) is 0. The maximum atomic E-state index is 11.4. The van der Waals surface area contributed by atoms with Crippen molar-refractivity contribution >= 4 is 0 Å². The molecular formula is C20H28N2O. The quantitative estimate of drug-likeness (QED) is 0.838. The maximum absolute atomic E-state index is 11.4. The second kappa shape index (κ2) is 7.49. The number of hydrogen-bond donors (Lipinski definition) is 2. The topological polar surface area (TPSA) is 35.5 Å². The van der Waals surface area contributed by atoms with E-state index in [0.29, 0.717) is 0 Å². The predicted molar refractivity (Wildman–Crippen MR) is 94.5 cm³/mol. The highest BCUT2D eigenvalue weighted by molar-refractivity contribution is 5.38. The van der Waals surface area contributed by atoms with Gasteiger partial charge in [0.25, 0.3) is 0 Å². The van der Waals surface area contributed by atoms with Crippen LogP contribution < -0.4 is 5.32 Å².